The summed E-state index contributed by atoms with van der Waals surface area (Å²) in [5.74, 6) is 0.819. The summed E-state index contributed by atoms with van der Waals surface area (Å²) in [5, 5.41) is 0. The van der Waals surface area contributed by atoms with Crippen molar-refractivity contribution in [2.24, 2.45) is 0 Å². The number of H-pyrrole nitrogens is 1. The molecule has 0 atom stereocenters. The minimum Gasteiger partial charge on any atom is -0.497 e. The molecule has 0 aliphatic rings. The molecule has 19 heavy (non-hydrogen) atoms. The van der Waals surface area contributed by atoms with E-state index in [1.807, 2.05) is 24.3 Å². The summed E-state index contributed by atoms with van der Waals surface area (Å²) < 4.78 is 6.30. The molecule has 0 saturated heterocycles. The highest BCUT2D eigenvalue weighted by atomic mass is 16.5. The molecule has 1 aromatic heterocycles. The molecule has 1 heterocycles. The van der Waals surface area contributed by atoms with Gasteiger partial charge in [-0.1, -0.05) is 12.1 Å². The van der Waals surface area contributed by atoms with Crippen molar-refractivity contribution < 1.29 is 4.74 Å². The first kappa shape index (κ1) is 13.1. The van der Waals surface area contributed by atoms with E-state index in [4.69, 9.17) is 4.74 Å². The normalized spacial score (nSPS) is 10.4. The number of hydrogen-bond donors (Lipinski definition) is 1. The second-order valence-corrected chi connectivity index (χ2v) is 4.22. The molecular weight excluding hydrogens is 244 g/mol. The fraction of sp³-hybridized carbons (Fsp3) is 0.286. The van der Waals surface area contributed by atoms with Crippen molar-refractivity contribution in [1.29, 1.82) is 0 Å². The van der Waals surface area contributed by atoms with Gasteiger partial charge < -0.3 is 9.72 Å². The fourth-order valence-corrected chi connectivity index (χ4v) is 1.90. The highest BCUT2D eigenvalue weighted by Crippen LogP contribution is 2.12. The standard InChI is InChI=1S/C14H16N2O3/c1-19-12-6-4-11(5-7-12)3-2-10-16-13(17)8-9-15-14(16)18/h4-9H,2-3,10H2,1H3,(H,15,18). The number of aromatic nitrogens is 2. The van der Waals surface area contributed by atoms with Crippen LogP contribution in [0.25, 0.3) is 0 Å². The number of nitrogens with one attached hydrogen (secondary N) is 1. The smallest absolute Gasteiger partial charge is 0.328 e. The van der Waals surface area contributed by atoms with Crippen LogP contribution in [0.3, 0.4) is 0 Å². The fourth-order valence-electron chi connectivity index (χ4n) is 1.90. The molecule has 1 aromatic carbocycles. The molecule has 5 nitrogen and oxygen atoms in total. The number of methoxy groups -OCH3 is 1. The van der Waals surface area contributed by atoms with Gasteiger partial charge in [0, 0.05) is 18.8 Å². The van der Waals surface area contributed by atoms with Gasteiger partial charge in [-0.3, -0.25) is 9.36 Å². The lowest BCUT2D eigenvalue weighted by atomic mass is 10.1. The van der Waals surface area contributed by atoms with Crippen LogP contribution in [0.2, 0.25) is 0 Å². The third-order valence-electron chi connectivity index (χ3n) is 2.95. The SMILES string of the molecule is COc1ccc(CCCn2c(=O)cc[nH]c2=O)cc1. The lowest BCUT2D eigenvalue weighted by molar-refractivity contribution is 0.414. The zero-order chi connectivity index (χ0) is 13.7. The average Bonchev–Trinajstić information content (AvgIpc) is 2.43. The van der Waals surface area contributed by atoms with Gasteiger partial charge in [-0.15, -0.1) is 0 Å². The molecule has 100 valence electrons. The monoisotopic (exact) mass is 260 g/mol. The summed E-state index contributed by atoms with van der Waals surface area (Å²) in [4.78, 5) is 25.4. The summed E-state index contributed by atoms with van der Waals surface area (Å²) in [6.07, 6.45) is 2.91. The van der Waals surface area contributed by atoms with Gasteiger partial charge in [0.25, 0.3) is 5.56 Å². The van der Waals surface area contributed by atoms with Crippen LogP contribution in [0.4, 0.5) is 0 Å². The number of rotatable bonds is 5. The Morgan fingerprint density at radius 2 is 1.89 bits per heavy atom. The Labute approximate surface area is 110 Å². The van der Waals surface area contributed by atoms with Crippen molar-refractivity contribution >= 4 is 0 Å². The largest absolute Gasteiger partial charge is 0.497 e. The van der Waals surface area contributed by atoms with Crippen molar-refractivity contribution in [2.75, 3.05) is 7.11 Å². The highest BCUT2D eigenvalue weighted by molar-refractivity contribution is 5.27. The molecule has 0 saturated carbocycles. The Morgan fingerprint density at radius 3 is 2.53 bits per heavy atom. The predicted molar refractivity (Wildman–Crippen MR) is 72.6 cm³/mol. The lowest BCUT2D eigenvalue weighted by Gasteiger charge is -2.05. The maximum Gasteiger partial charge on any atom is 0.328 e. The van der Waals surface area contributed by atoms with Gasteiger partial charge in [-0.05, 0) is 30.5 Å². The Hall–Kier alpha value is -2.30. The number of hydrogen-bond acceptors (Lipinski definition) is 3. The number of ether oxygens (including phenoxy) is 1. The number of benzene rings is 1. The van der Waals surface area contributed by atoms with Crippen LogP contribution in [0.1, 0.15) is 12.0 Å². The van der Waals surface area contributed by atoms with E-state index in [0.29, 0.717) is 6.54 Å². The zero-order valence-electron chi connectivity index (χ0n) is 10.8. The third-order valence-corrected chi connectivity index (χ3v) is 2.95. The van der Waals surface area contributed by atoms with Gasteiger partial charge in [0.1, 0.15) is 5.75 Å². The van der Waals surface area contributed by atoms with Gasteiger partial charge in [0.2, 0.25) is 0 Å². The summed E-state index contributed by atoms with van der Waals surface area (Å²) in [5.41, 5.74) is 0.530. The second kappa shape index (κ2) is 6.04. The summed E-state index contributed by atoms with van der Waals surface area (Å²) >= 11 is 0. The molecular formula is C14H16N2O3. The first-order chi connectivity index (χ1) is 9.20. The maximum absolute atomic E-state index is 11.5. The Kier molecular flexibility index (Phi) is 4.18. The molecule has 0 spiro atoms. The van der Waals surface area contributed by atoms with Crippen LogP contribution in [0.15, 0.2) is 46.1 Å². The number of aryl methyl sites for hydroxylation is 1. The van der Waals surface area contributed by atoms with E-state index in [2.05, 4.69) is 4.98 Å². The first-order valence-electron chi connectivity index (χ1n) is 6.12. The quantitative estimate of drug-likeness (QED) is 0.878. The van der Waals surface area contributed by atoms with E-state index < -0.39 is 0 Å². The van der Waals surface area contributed by atoms with E-state index in [9.17, 15) is 9.59 Å². The van der Waals surface area contributed by atoms with E-state index in [1.165, 1.54) is 16.8 Å². The molecule has 0 aliphatic carbocycles. The minimum atomic E-state index is -0.359. The first-order valence-corrected chi connectivity index (χ1v) is 6.12. The van der Waals surface area contributed by atoms with Gasteiger partial charge >= 0.3 is 5.69 Å². The molecule has 2 aromatic rings. The van der Waals surface area contributed by atoms with E-state index in [0.717, 1.165) is 24.2 Å². The Bertz CT molecular complexity index is 612. The van der Waals surface area contributed by atoms with Crippen molar-refractivity contribution in [3.8, 4) is 5.75 Å². The second-order valence-electron chi connectivity index (χ2n) is 4.22. The summed E-state index contributed by atoms with van der Waals surface area (Å²) in [7, 11) is 1.63. The van der Waals surface area contributed by atoms with E-state index in [-0.39, 0.29) is 11.2 Å². The molecule has 0 bridgehead atoms. The maximum atomic E-state index is 11.5. The van der Waals surface area contributed by atoms with Gasteiger partial charge in [-0.2, -0.15) is 0 Å². The minimum absolute atomic E-state index is 0.265. The van der Waals surface area contributed by atoms with Crippen LogP contribution >= 0.6 is 0 Å². The van der Waals surface area contributed by atoms with Gasteiger partial charge in [0.15, 0.2) is 0 Å². The summed E-state index contributed by atoms with van der Waals surface area (Å²) in [6, 6.07) is 9.12. The topological polar surface area (TPSA) is 64.1 Å². The van der Waals surface area contributed by atoms with E-state index >= 15 is 0 Å². The average molecular weight is 260 g/mol. The number of aromatic amines is 1. The van der Waals surface area contributed by atoms with Crippen molar-refractivity contribution in [3.05, 3.63) is 62.9 Å². The van der Waals surface area contributed by atoms with E-state index in [1.54, 1.807) is 7.11 Å². The van der Waals surface area contributed by atoms with Crippen LogP contribution in [0.5, 0.6) is 5.75 Å². The zero-order valence-corrected chi connectivity index (χ0v) is 10.8. The molecule has 0 radical (unpaired) electrons. The van der Waals surface area contributed by atoms with Crippen LogP contribution < -0.4 is 16.0 Å². The molecule has 2 rings (SSSR count). The van der Waals surface area contributed by atoms with Gasteiger partial charge in [0.05, 0.1) is 7.11 Å². The molecule has 0 unspecified atom stereocenters. The Morgan fingerprint density at radius 1 is 1.16 bits per heavy atom. The molecule has 0 amide bonds. The number of nitrogens with zero attached hydrogens (tertiary/aromatic N) is 1. The third kappa shape index (κ3) is 3.34. The van der Waals surface area contributed by atoms with Crippen LogP contribution in [-0.4, -0.2) is 16.7 Å². The van der Waals surface area contributed by atoms with Crippen molar-refractivity contribution in [3.63, 3.8) is 0 Å². The van der Waals surface area contributed by atoms with Crippen LogP contribution in [0, 0.1) is 0 Å². The molecule has 0 fully saturated rings. The Balaban J connectivity index is 1.96. The molecule has 1 N–H and O–H groups in total. The molecule has 5 heteroatoms. The van der Waals surface area contributed by atoms with Crippen molar-refractivity contribution in [2.45, 2.75) is 19.4 Å². The summed E-state index contributed by atoms with van der Waals surface area (Å²) in [6.45, 7) is 0.418. The lowest BCUT2D eigenvalue weighted by Crippen LogP contribution is -2.33. The molecule has 0 aliphatic heterocycles. The van der Waals surface area contributed by atoms with Gasteiger partial charge in [-0.25, -0.2) is 4.79 Å². The highest BCUT2D eigenvalue weighted by Gasteiger charge is 2.00. The predicted octanol–water partition coefficient (Wildman–Crippen LogP) is 1.18. The van der Waals surface area contributed by atoms with Crippen molar-refractivity contribution in [1.82, 2.24) is 9.55 Å². The van der Waals surface area contributed by atoms with Crippen LogP contribution in [-0.2, 0) is 13.0 Å².